The molecule has 0 saturated carbocycles. The highest BCUT2D eigenvalue weighted by Crippen LogP contribution is 2.37. The van der Waals surface area contributed by atoms with E-state index in [0.717, 1.165) is 35.0 Å². The van der Waals surface area contributed by atoms with Crippen molar-refractivity contribution >= 4 is 33.2 Å². The van der Waals surface area contributed by atoms with Crippen LogP contribution in [0.15, 0.2) is 45.6 Å². The normalized spacial score (nSPS) is 16.6. The number of aryl methyl sites for hydroxylation is 1. The zero-order chi connectivity index (χ0) is 18.5. The molecule has 1 N–H and O–H groups in total. The summed E-state index contributed by atoms with van der Waals surface area (Å²) in [5, 5.41) is 1.37. The van der Waals surface area contributed by atoms with Gasteiger partial charge in [-0.2, -0.15) is 0 Å². The van der Waals surface area contributed by atoms with E-state index in [2.05, 4.69) is 11.9 Å². The van der Waals surface area contributed by atoms with Gasteiger partial charge < -0.3 is 9.40 Å². The number of furan rings is 1. The van der Waals surface area contributed by atoms with E-state index < -0.39 is 0 Å². The number of benzene rings is 1. The molecule has 6 heteroatoms. The third-order valence-electron chi connectivity index (χ3n) is 5.14. The largest absolute Gasteiger partial charge is 0.453 e. The van der Waals surface area contributed by atoms with Crippen LogP contribution in [0.5, 0.6) is 0 Å². The first-order chi connectivity index (χ1) is 13.1. The molecule has 0 bridgehead atoms. The highest BCUT2D eigenvalue weighted by atomic mass is 35.5. The van der Waals surface area contributed by atoms with Crippen LogP contribution in [0.25, 0.3) is 33.1 Å². The number of hydrogen-bond donors (Lipinski definition) is 1. The summed E-state index contributed by atoms with van der Waals surface area (Å²) in [6.45, 7) is 2.26. The molecule has 3 heterocycles. The van der Waals surface area contributed by atoms with Gasteiger partial charge in [-0.3, -0.25) is 4.79 Å². The third-order valence-corrected chi connectivity index (χ3v) is 6.62. The minimum Gasteiger partial charge on any atom is -0.453 e. The van der Waals surface area contributed by atoms with Gasteiger partial charge in [0, 0.05) is 10.4 Å². The van der Waals surface area contributed by atoms with Crippen LogP contribution < -0.4 is 5.56 Å². The summed E-state index contributed by atoms with van der Waals surface area (Å²) in [5.41, 5.74) is 1.91. The number of aromatic nitrogens is 2. The predicted molar refractivity (Wildman–Crippen MR) is 110 cm³/mol. The summed E-state index contributed by atoms with van der Waals surface area (Å²) in [4.78, 5) is 22.5. The number of H-pyrrole nitrogens is 1. The number of nitrogens with zero attached hydrogens (tertiary/aromatic N) is 1. The molecule has 0 fully saturated rings. The molecule has 3 aromatic heterocycles. The highest BCUT2D eigenvalue weighted by Gasteiger charge is 2.23. The maximum absolute atomic E-state index is 12.8. The van der Waals surface area contributed by atoms with E-state index in [9.17, 15) is 4.79 Å². The molecule has 27 heavy (non-hydrogen) atoms. The minimum atomic E-state index is -0.0854. The van der Waals surface area contributed by atoms with Gasteiger partial charge in [0.2, 0.25) is 0 Å². The van der Waals surface area contributed by atoms with Crippen molar-refractivity contribution in [3.8, 4) is 22.9 Å². The maximum atomic E-state index is 12.8. The van der Waals surface area contributed by atoms with E-state index in [1.165, 1.54) is 10.4 Å². The van der Waals surface area contributed by atoms with Crippen LogP contribution in [0.3, 0.4) is 0 Å². The lowest BCUT2D eigenvalue weighted by molar-refractivity contribution is 0.509. The molecule has 1 aliphatic carbocycles. The molecule has 0 aliphatic heterocycles. The van der Waals surface area contributed by atoms with Gasteiger partial charge in [-0.15, -0.1) is 11.3 Å². The van der Waals surface area contributed by atoms with Crippen molar-refractivity contribution in [1.82, 2.24) is 9.97 Å². The predicted octanol–water partition coefficient (Wildman–Crippen LogP) is 5.69. The molecule has 0 spiro atoms. The van der Waals surface area contributed by atoms with Gasteiger partial charge in [0.15, 0.2) is 11.6 Å². The zero-order valence-electron chi connectivity index (χ0n) is 14.7. The van der Waals surface area contributed by atoms with E-state index in [1.54, 1.807) is 11.3 Å². The van der Waals surface area contributed by atoms with E-state index in [0.29, 0.717) is 28.3 Å². The lowest BCUT2D eigenvalue weighted by Crippen LogP contribution is -2.13. The molecule has 0 amide bonds. The number of fused-ring (bicyclic) bond motifs is 3. The Labute approximate surface area is 164 Å². The molecule has 4 aromatic rings. The first kappa shape index (κ1) is 16.8. The van der Waals surface area contributed by atoms with Crippen molar-refractivity contribution in [1.29, 1.82) is 0 Å². The summed E-state index contributed by atoms with van der Waals surface area (Å²) in [7, 11) is 0. The van der Waals surface area contributed by atoms with Crippen LogP contribution in [0.4, 0.5) is 0 Å². The monoisotopic (exact) mass is 396 g/mol. The maximum Gasteiger partial charge on any atom is 0.260 e. The first-order valence-corrected chi connectivity index (χ1v) is 10.2. The van der Waals surface area contributed by atoms with Gasteiger partial charge in [-0.1, -0.05) is 30.7 Å². The second-order valence-corrected chi connectivity index (χ2v) is 8.58. The molecule has 4 nitrogen and oxygen atoms in total. The quantitative estimate of drug-likeness (QED) is 0.473. The first-order valence-electron chi connectivity index (χ1n) is 9.00. The highest BCUT2D eigenvalue weighted by molar-refractivity contribution is 7.18. The Morgan fingerprint density at radius 2 is 2.04 bits per heavy atom. The van der Waals surface area contributed by atoms with E-state index in [4.69, 9.17) is 21.0 Å². The molecular weight excluding hydrogens is 380 g/mol. The van der Waals surface area contributed by atoms with Crippen LogP contribution >= 0.6 is 22.9 Å². The van der Waals surface area contributed by atoms with Crippen molar-refractivity contribution in [3.63, 3.8) is 0 Å². The van der Waals surface area contributed by atoms with Gasteiger partial charge >= 0.3 is 0 Å². The molecule has 1 aliphatic rings. The van der Waals surface area contributed by atoms with Crippen LogP contribution in [0.1, 0.15) is 23.8 Å². The van der Waals surface area contributed by atoms with Gasteiger partial charge in [-0.25, -0.2) is 4.98 Å². The fourth-order valence-corrected chi connectivity index (χ4v) is 5.35. The number of hydrogen-bond acceptors (Lipinski definition) is 4. The van der Waals surface area contributed by atoms with Crippen LogP contribution in [0.2, 0.25) is 5.02 Å². The summed E-state index contributed by atoms with van der Waals surface area (Å²) >= 11 is 7.89. The SMILES string of the molecule is CC1CCc2c(sc3nc(-c4ccc(-c5ccccc5Cl)o4)[nH]c(=O)c23)C1. The lowest BCUT2D eigenvalue weighted by atomic mass is 9.89. The van der Waals surface area contributed by atoms with Crippen molar-refractivity contribution in [2.75, 3.05) is 0 Å². The second kappa shape index (κ2) is 6.36. The van der Waals surface area contributed by atoms with Crippen molar-refractivity contribution < 1.29 is 4.42 Å². The number of rotatable bonds is 2. The standard InChI is InChI=1S/C21H17ClN2O2S/c1-11-6-7-13-17(10-11)27-21-18(13)20(25)23-19(24-21)16-9-8-15(26-16)12-4-2-3-5-14(12)22/h2-5,8-9,11H,6-7,10H2,1H3,(H,23,24,25). The van der Waals surface area contributed by atoms with Crippen molar-refractivity contribution in [2.24, 2.45) is 5.92 Å². The summed E-state index contributed by atoms with van der Waals surface area (Å²) in [5.74, 6) is 2.30. The van der Waals surface area contributed by atoms with Gasteiger partial charge in [-0.05, 0) is 55.0 Å². The Hall–Kier alpha value is -2.37. The number of nitrogens with one attached hydrogen (secondary N) is 1. The molecular formula is C21H17ClN2O2S. The summed E-state index contributed by atoms with van der Waals surface area (Å²) in [6, 6.07) is 11.2. The summed E-state index contributed by atoms with van der Waals surface area (Å²) in [6.07, 6.45) is 3.11. The fourth-order valence-electron chi connectivity index (χ4n) is 3.74. The molecule has 0 saturated heterocycles. The van der Waals surface area contributed by atoms with Crippen LogP contribution in [0, 0.1) is 5.92 Å². The molecule has 0 radical (unpaired) electrons. The van der Waals surface area contributed by atoms with Gasteiger partial charge in [0.1, 0.15) is 10.6 Å². The Kier molecular flexibility index (Phi) is 3.95. The van der Waals surface area contributed by atoms with Gasteiger partial charge in [0.25, 0.3) is 5.56 Å². The number of thiophene rings is 1. The zero-order valence-corrected chi connectivity index (χ0v) is 16.3. The van der Waals surface area contributed by atoms with E-state index in [-0.39, 0.29) is 5.56 Å². The van der Waals surface area contributed by atoms with Crippen LogP contribution in [-0.2, 0) is 12.8 Å². The second-order valence-electron chi connectivity index (χ2n) is 7.09. The number of halogens is 1. The minimum absolute atomic E-state index is 0.0854. The van der Waals surface area contributed by atoms with Crippen LogP contribution in [-0.4, -0.2) is 9.97 Å². The third kappa shape index (κ3) is 2.82. The smallest absolute Gasteiger partial charge is 0.260 e. The Balaban J connectivity index is 1.60. The lowest BCUT2D eigenvalue weighted by Gasteiger charge is -2.17. The average molecular weight is 397 g/mol. The topological polar surface area (TPSA) is 58.9 Å². The average Bonchev–Trinajstić information content (AvgIpc) is 3.26. The van der Waals surface area contributed by atoms with Crippen molar-refractivity contribution in [2.45, 2.75) is 26.2 Å². The van der Waals surface area contributed by atoms with Crippen molar-refractivity contribution in [3.05, 3.63) is 62.2 Å². The molecule has 1 unspecified atom stereocenters. The molecule has 1 aromatic carbocycles. The van der Waals surface area contributed by atoms with Gasteiger partial charge in [0.05, 0.1) is 10.4 Å². The van der Waals surface area contributed by atoms with E-state index in [1.807, 2.05) is 36.4 Å². The Bertz CT molecular complexity index is 1220. The Morgan fingerprint density at radius 1 is 1.22 bits per heavy atom. The summed E-state index contributed by atoms with van der Waals surface area (Å²) < 4.78 is 5.95. The number of aromatic amines is 1. The Morgan fingerprint density at radius 3 is 2.89 bits per heavy atom. The molecule has 5 rings (SSSR count). The van der Waals surface area contributed by atoms with E-state index >= 15 is 0 Å². The molecule has 136 valence electrons. The fraction of sp³-hybridized carbons (Fsp3) is 0.238. The molecule has 1 atom stereocenters.